The summed E-state index contributed by atoms with van der Waals surface area (Å²) in [5.41, 5.74) is 1.52. The summed E-state index contributed by atoms with van der Waals surface area (Å²) >= 11 is 0. The highest BCUT2D eigenvalue weighted by atomic mass is 16.5. The zero-order valence-electron chi connectivity index (χ0n) is 14.4. The second kappa shape index (κ2) is 8.99. The number of amides is 1. The first kappa shape index (κ1) is 17.2. The van der Waals surface area contributed by atoms with Crippen LogP contribution in [0.3, 0.4) is 0 Å². The number of carbonyl (C=O) groups is 1. The van der Waals surface area contributed by atoms with Gasteiger partial charge in [-0.2, -0.15) is 0 Å². The Morgan fingerprint density at radius 3 is 2.50 bits per heavy atom. The molecule has 0 bridgehead atoms. The molecule has 6 nitrogen and oxygen atoms in total. The quantitative estimate of drug-likeness (QED) is 0.892. The van der Waals surface area contributed by atoms with Crippen molar-refractivity contribution in [1.82, 2.24) is 14.8 Å². The number of pyridine rings is 1. The lowest BCUT2D eigenvalue weighted by Gasteiger charge is -2.26. The lowest BCUT2D eigenvalue weighted by Crippen LogP contribution is -2.39. The second-order valence-corrected chi connectivity index (χ2v) is 6.52. The van der Waals surface area contributed by atoms with Crippen molar-refractivity contribution in [1.29, 1.82) is 0 Å². The minimum absolute atomic E-state index is 0.0665. The van der Waals surface area contributed by atoms with Gasteiger partial charge in [-0.3, -0.25) is 9.69 Å². The van der Waals surface area contributed by atoms with Crippen molar-refractivity contribution < 1.29 is 9.53 Å². The van der Waals surface area contributed by atoms with Gasteiger partial charge in [-0.05, 0) is 25.0 Å². The summed E-state index contributed by atoms with van der Waals surface area (Å²) in [6, 6.07) is 3.79. The summed E-state index contributed by atoms with van der Waals surface area (Å²) < 4.78 is 5.35. The molecule has 2 fully saturated rings. The van der Waals surface area contributed by atoms with Gasteiger partial charge in [0.2, 0.25) is 0 Å². The highest BCUT2D eigenvalue weighted by Gasteiger charge is 2.18. The first-order valence-corrected chi connectivity index (χ1v) is 9.12. The number of nitrogens with zero attached hydrogens (tertiary/aromatic N) is 3. The average molecular weight is 332 g/mol. The van der Waals surface area contributed by atoms with Crippen LogP contribution >= 0.6 is 0 Å². The van der Waals surface area contributed by atoms with E-state index in [0.29, 0.717) is 5.69 Å². The number of likely N-dealkylation sites (tertiary alicyclic amines) is 1. The van der Waals surface area contributed by atoms with Gasteiger partial charge in [0.15, 0.2) is 0 Å². The van der Waals surface area contributed by atoms with Crippen LogP contribution in [0.1, 0.15) is 36.2 Å². The third-order valence-corrected chi connectivity index (χ3v) is 4.74. The number of ether oxygens (including phenoxy) is 1. The normalized spacial score (nSPS) is 19.8. The van der Waals surface area contributed by atoms with Gasteiger partial charge in [-0.25, -0.2) is 4.98 Å². The Kier molecular flexibility index (Phi) is 6.43. The number of nitrogens with one attached hydrogen (secondary N) is 1. The predicted molar refractivity (Wildman–Crippen MR) is 94.4 cm³/mol. The van der Waals surface area contributed by atoms with Crippen LogP contribution in [0.4, 0.5) is 5.69 Å². The zero-order valence-corrected chi connectivity index (χ0v) is 14.4. The van der Waals surface area contributed by atoms with Crippen LogP contribution in [0.15, 0.2) is 18.3 Å². The Balaban J connectivity index is 1.46. The number of hydrogen-bond donors (Lipinski definition) is 1. The van der Waals surface area contributed by atoms with E-state index in [2.05, 4.69) is 15.2 Å². The molecule has 2 saturated heterocycles. The van der Waals surface area contributed by atoms with Gasteiger partial charge >= 0.3 is 0 Å². The van der Waals surface area contributed by atoms with Crippen molar-refractivity contribution in [3.05, 3.63) is 24.0 Å². The van der Waals surface area contributed by atoms with Gasteiger partial charge in [0.05, 0.1) is 25.1 Å². The molecular weight excluding hydrogens is 304 g/mol. The van der Waals surface area contributed by atoms with Crippen LogP contribution in [-0.2, 0) is 4.74 Å². The molecule has 0 radical (unpaired) electrons. The summed E-state index contributed by atoms with van der Waals surface area (Å²) in [5, 5.41) is 3.38. The first-order valence-electron chi connectivity index (χ1n) is 9.12. The van der Waals surface area contributed by atoms with Gasteiger partial charge in [0, 0.05) is 39.3 Å². The Labute approximate surface area is 144 Å². The molecule has 1 aromatic rings. The van der Waals surface area contributed by atoms with Crippen molar-refractivity contribution >= 4 is 11.6 Å². The fourth-order valence-corrected chi connectivity index (χ4v) is 3.24. The van der Waals surface area contributed by atoms with Crippen molar-refractivity contribution in [2.75, 3.05) is 57.8 Å². The van der Waals surface area contributed by atoms with E-state index < -0.39 is 0 Å². The maximum Gasteiger partial charge on any atom is 0.272 e. The number of aromatic nitrogens is 1. The number of hydrogen-bond acceptors (Lipinski definition) is 5. The molecule has 1 N–H and O–H groups in total. The van der Waals surface area contributed by atoms with Crippen molar-refractivity contribution in [3.63, 3.8) is 0 Å². The van der Waals surface area contributed by atoms with E-state index in [0.717, 1.165) is 71.0 Å². The average Bonchev–Trinajstić information content (AvgIpc) is 2.92. The summed E-state index contributed by atoms with van der Waals surface area (Å²) in [5.74, 6) is 0.0665. The molecule has 0 aliphatic carbocycles. The lowest BCUT2D eigenvalue weighted by molar-refractivity contribution is 0.0398. The summed E-state index contributed by atoms with van der Waals surface area (Å²) in [6.45, 7) is 7.26. The monoisotopic (exact) mass is 332 g/mol. The number of anilines is 1. The molecule has 0 saturated carbocycles. The number of carbonyl (C=O) groups excluding carboxylic acids is 1. The van der Waals surface area contributed by atoms with E-state index in [1.807, 2.05) is 17.0 Å². The summed E-state index contributed by atoms with van der Waals surface area (Å²) in [6.07, 6.45) is 6.43. The molecule has 3 rings (SSSR count). The Morgan fingerprint density at radius 2 is 1.83 bits per heavy atom. The standard InChI is InChI=1S/C18H28N4O2/c23-18(22-8-3-1-2-4-9-22)17-6-5-16(15-20-17)19-7-10-21-11-13-24-14-12-21/h5-6,15,19H,1-4,7-14H2. The third-order valence-electron chi connectivity index (χ3n) is 4.74. The van der Waals surface area contributed by atoms with Crippen LogP contribution in [-0.4, -0.2) is 73.2 Å². The number of morpholine rings is 1. The highest BCUT2D eigenvalue weighted by Crippen LogP contribution is 2.13. The van der Waals surface area contributed by atoms with Crippen molar-refractivity contribution in [3.8, 4) is 0 Å². The van der Waals surface area contributed by atoms with E-state index in [1.54, 1.807) is 6.20 Å². The Morgan fingerprint density at radius 1 is 1.08 bits per heavy atom. The molecule has 0 aromatic carbocycles. The van der Waals surface area contributed by atoms with E-state index in [-0.39, 0.29) is 5.91 Å². The van der Waals surface area contributed by atoms with Crippen LogP contribution < -0.4 is 5.32 Å². The van der Waals surface area contributed by atoms with E-state index in [4.69, 9.17) is 4.74 Å². The van der Waals surface area contributed by atoms with Crippen molar-refractivity contribution in [2.45, 2.75) is 25.7 Å². The minimum Gasteiger partial charge on any atom is -0.383 e. The summed E-state index contributed by atoms with van der Waals surface area (Å²) in [7, 11) is 0. The van der Waals surface area contributed by atoms with Crippen LogP contribution in [0.5, 0.6) is 0 Å². The smallest absolute Gasteiger partial charge is 0.272 e. The third kappa shape index (κ3) is 4.92. The predicted octanol–water partition coefficient (Wildman–Crippen LogP) is 1.84. The molecule has 0 atom stereocenters. The van der Waals surface area contributed by atoms with E-state index >= 15 is 0 Å². The van der Waals surface area contributed by atoms with Crippen LogP contribution in [0.2, 0.25) is 0 Å². The van der Waals surface area contributed by atoms with Crippen LogP contribution in [0, 0.1) is 0 Å². The molecule has 2 aliphatic rings. The molecule has 0 unspecified atom stereocenters. The first-order chi connectivity index (χ1) is 11.8. The van der Waals surface area contributed by atoms with Gasteiger partial charge in [0.1, 0.15) is 5.69 Å². The lowest BCUT2D eigenvalue weighted by atomic mass is 10.2. The van der Waals surface area contributed by atoms with Gasteiger partial charge < -0.3 is 15.0 Å². The molecule has 3 heterocycles. The minimum atomic E-state index is 0.0665. The molecule has 1 aromatic heterocycles. The molecule has 0 spiro atoms. The van der Waals surface area contributed by atoms with E-state index in [1.165, 1.54) is 12.8 Å². The van der Waals surface area contributed by atoms with Gasteiger partial charge in [-0.1, -0.05) is 12.8 Å². The SMILES string of the molecule is O=C(c1ccc(NCCN2CCOCC2)cn1)N1CCCCCC1. The Bertz CT molecular complexity index is 506. The highest BCUT2D eigenvalue weighted by molar-refractivity contribution is 5.92. The van der Waals surface area contributed by atoms with Gasteiger partial charge in [-0.15, -0.1) is 0 Å². The second-order valence-electron chi connectivity index (χ2n) is 6.52. The molecule has 132 valence electrons. The van der Waals surface area contributed by atoms with E-state index in [9.17, 15) is 4.79 Å². The Hall–Kier alpha value is -1.66. The molecule has 1 amide bonds. The maximum absolute atomic E-state index is 12.5. The number of rotatable bonds is 5. The van der Waals surface area contributed by atoms with Crippen molar-refractivity contribution in [2.24, 2.45) is 0 Å². The van der Waals surface area contributed by atoms with Crippen LogP contribution in [0.25, 0.3) is 0 Å². The largest absolute Gasteiger partial charge is 0.383 e. The molecular formula is C18H28N4O2. The fraction of sp³-hybridized carbons (Fsp3) is 0.667. The van der Waals surface area contributed by atoms with Gasteiger partial charge in [0.25, 0.3) is 5.91 Å². The maximum atomic E-state index is 12.5. The zero-order chi connectivity index (χ0) is 16.6. The molecule has 2 aliphatic heterocycles. The fourth-order valence-electron chi connectivity index (χ4n) is 3.24. The molecule has 24 heavy (non-hydrogen) atoms. The topological polar surface area (TPSA) is 57.7 Å². The summed E-state index contributed by atoms with van der Waals surface area (Å²) in [4.78, 5) is 21.2. The molecule has 6 heteroatoms.